The summed E-state index contributed by atoms with van der Waals surface area (Å²) in [6.45, 7) is 1.07. The van der Waals surface area contributed by atoms with Gasteiger partial charge in [-0.1, -0.05) is 36.4 Å². The molecule has 8 nitrogen and oxygen atoms in total. The molecule has 4 amide bonds. The summed E-state index contributed by atoms with van der Waals surface area (Å²) in [5, 5.41) is 2.79. The van der Waals surface area contributed by atoms with E-state index in [9.17, 15) is 19.2 Å². The van der Waals surface area contributed by atoms with Gasteiger partial charge in [-0.2, -0.15) is 0 Å². The highest BCUT2D eigenvalue weighted by molar-refractivity contribution is 6.23. The molecular formula is C26H23N3O5. The summed E-state index contributed by atoms with van der Waals surface area (Å²) in [5.74, 6) is -1.60. The molecule has 0 spiro atoms. The van der Waals surface area contributed by atoms with Crippen molar-refractivity contribution in [3.8, 4) is 5.75 Å². The summed E-state index contributed by atoms with van der Waals surface area (Å²) >= 11 is 0. The minimum Gasteiger partial charge on any atom is -0.497 e. The Morgan fingerprint density at radius 3 is 2.15 bits per heavy atom. The Morgan fingerprint density at radius 1 is 0.912 bits per heavy atom. The number of carbonyl (C=O) groups excluding carboxylic acids is 4. The lowest BCUT2D eigenvalue weighted by molar-refractivity contribution is -0.123. The van der Waals surface area contributed by atoms with Gasteiger partial charge in [0.25, 0.3) is 11.8 Å². The summed E-state index contributed by atoms with van der Waals surface area (Å²) in [7, 11) is 1.50. The largest absolute Gasteiger partial charge is 0.497 e. The van der Waals surface area contributed by atoms with Crippen LogP contribution in [0.2, 0.25) is 0 Å². The molecule has 1 N–H and O–H groups in total. The number of carbonyl (C=O) groups is 4. The van der Waals surface area contributed by atoms with E-state index in [4.69, 9.17) is 4.74 Å². The fourth-order valence-corrected chi connectivity index (χ4v) is 3.82. The van der Waals surface area contributed by atoms with Crippen molar-refractivity contribution in [3.63, 3.8) is 0 Å². The maximum atomic E-state index is 13.5. The first kappa shape index (κ1) is 22.7. The lowest BCUT2D eigenvalue weighted by atomic mass is 10.1. The molecule has 1 heterocycles. The van der Waals surface area contributed by atoms with Crippen LogP contribution in [0.4, 0.5) is 11.4 Å². The monoisotopic (exact) mass is 457 g/mol. The van der Waals surface area contributed by atoms with Gasteiger partial charge in [0, 0.05) is 17.4 Å². The predicted octanol–water partition coefficient (Wildman–Crippen LogP) is 3.35. The van der Waals surface area contributed by atoms with E-state index in [0.717, 1.165) is 4.90 Å². The van der Waals surface area contributed by atoms with Gasteiger partial charge in [0.1, 0.15) is 18.3 Å². The number of benzene rings is 3. The van der Waals surface area contributed by atoms with E-state index in [-0.39, 0.29) is 11.1 Å². The van der Waals surface area contributed by atoms with E-state index < -0.39 is 36.2 Å². The van der Waals surface area contributed by atoms with Crippen molar-refractivity contribution in [2.24, 2.45) is 0 Å². The van der Waals surface area contributed by atoms with Crippen LogP contribution in [0.3, 0.4) is 0 Å². The number of hydrogen-bond donors (Lipinski definition) is 1. The van der Waals surface area contributed by atoms with Crippen molar-refractivity contribution < 1.29 is 23.9 Å². The van der Waals surface area contributed by atoms with Gasteiger partial charge in [-0.3, -0.25) is 29.0 Å². The molecule has 0 bridgehead atoms. The highest BCUT2D eigenvalue weighted by Gasteiger charge is 2.38. The zero-order chi connectivity index (χ0) is 24.2. The standard InChI is InChI=1S/C26H23N3O5/c1-17(24(31)27-18-9-4-3-5-10-18)29(19-11-8-12-20(15-19)34-2)23(30)16-28-25(32)21-13-6-7-14-22(21)26(28)33/h3-15,17H,16H2,1-2H3,(H,27,31). The van der Waals surface area contributed by atoms with Crippen LogP contribution in [-0.4, -0.2) is 48.2 Å². The number of para-hydroxylation sites is 1. The van der Waals surface area contributed by atoms with E-state index >= 15 is 0 Å². The van der Waals surface area contributed by atoms with E-state index in [1.54, 1.807) is 79.7 Å². The molecule has 0 aliphatic carbocycles. The average Bonchev–Trinajstić information content (AvgIpc) is 3.10. The van der Waals surface area contributed by atoms with Crippen molar-refractivity contribution in [1.29, 1.82) is 0 Å². The maximum absolute atomic E-state index is 13.5. The van der Waals surface area contributed by atoms with Crippen molar-refractivity contribution in [2.45, 2.75) is 13.0 Å². The number of anilines is 2. The summed E-state index contributed by atoms with van der Waals surface area (Å²) in [6, 6.07) is 21.0. The first-order valence-corrected chi connectivity index (χ1v) is 10.7. The molecule has 0 aromatic heterocycles. The van der Waals surface area contributed by atoms with Crippen molar-refractivity contribution in [3.05, 3.63) is 90.0 Å². The van der Waals surface area contributed by atoms with Gasteiger partial charge in [0.15, 0.2) is 0 Å². The smallest absolute Gasteiger partial charge is 0.262 e. The minimum absolute atomic E-state index is 0.253. The Balaban J connectivity index is 1.62. The Kier molecular flexibility index (Phi) is 6.40. The third-order valence-corrected chi connectivity index (χ3v) is 5.58. The van der Waals surface area contributed by atoms with Gasteiger partial charge in [-0.25, -0.2) is 0 Å². The number of ether oxygens (including phenoxy) is 1. The third-order valence-electron chi connectivity index (χ3n) is 5.58. The fourth-order valence-electron chi connectivity index (χ4n) is 3.82. The lowest BCUT2D eigenvalue weighted by Crippen LogP contribution is -2.50. The Hall–Kier alpha value is -4.46. The molecule has 0 radical (unpaired) electrons. The maximum Gasteiger partial charge on any atom is 0.262 e. The molecule has 3 aromatic carbocycles. The molecule has 34 heavy (non-hydrogen) atoms. The number of nitrogens with zero attached hydrogens (tertiary/aromatic N) is 2. The van der Waals surface area contributed by atoms with Crippen LogP contribution < -0.4 is 15.0 Å². The number of amides is 4. The number of fused-ring (bicyclic) bond motifs is 1. The number of rotatable bonds is 7. The molecule has 172 valence electrons. The molecule has 8 heteroatoms. The van der Waals surface area contributed by atoms with Crippen LogP contribution in [0.15, 0.2) is 78.9 Å². The topological polar surface area (TPSA) is 96.0 Å². The van der Waals surface area contributed by atoms with Gasteiger partial charge < -0.3 is 10.1 Å². The lowest BCUT2D eigenvalue weighted by Gasteiger charge is -2.30. The average molecular weight is 457 g/mol. The molecule has 0 saturated heterocycles. The van der Waals surface area contributed by atoms with Crippen molar-refractivity contribution in [1.82, 2.24) is 4.90 Å². The molecular weight excluding hydrogens is 434 g/mol. The first-order chi connectivity index (χ1) is 16.4. The Bertz CT molecular complexity index is 1220. The zero-order valence-electron chi connectivity index (χ0n) is 18.7. The second-order valence-corrected chi connectivity index (χ2v) is 7.74. The quantitative estimate of drug-likeness (QED) is 0.549. The van der Waals surface area contributed by atoms with Crippen LogP contribution in [-0.2, 0) is 9.59 Å². The molecule has 0 fully saturated rings. The first-order valence-electron chi connectivity index (χ1n) is 10.7. The fraction of sp³-hybridized carbons (Fsp3) is 0.154. The van der Waals surface area contributed by atoms with Crippen molar-refractivity contribution in [2.75, 3.05) is 23.9 Å². The number of imide groups is 1. The Labute approximate surface area is 196 Å². The second kappa shape index (κ2) is 9.58. The molecule has 1 unspecified atom stereocenters. The summed E-state index contributed by atoms with van der Waals surface area (Å²) in [5.41, 5.74) is 1.49. The molecule has 4 rings (SSSR count). The third kappa shape index (κ3) is 4.38. The van der Waals surface area contributed by atoms with Crippen LogP contribution in [0.5, 0.6) is 5.75 Å². The minimum atomic E-state index is -0.949. The van der Waals surface area contributed by atoms with Gasteiger partial charge in [0.2, 0.25) is 11.8 Å². The van der Waals surface area contributed by atoms with Gasteiger partial charge in [-0.05, 0) is 43.3 Å². The van der Waals surface area contributed by atoms with Crippen LogP contribution in [0.1, 0.15) is 27.6 Å². The van der Waals surface area contributed by atoms with Crippen LogP contribution in [0, 0.1) is 0 Å². The van der Waals surface area contributed by atoms with E-state index in [1.807, 2.05) is 6.07 Å². The summed E-state index contributed by atoms with van der Waals surface area (Å²) in [6.07, 6.45) is 0. The number of nitrogens with one attached hydrogen (secondary N) is 1. The highest BCUT2D eigenvalue weighted by atomic mass is 16.5. The normalized spacial score (nSPS) is 13.3. The van der Waals surface area contributed by atoms with Crippen LogP contribution >= 0.6 is 0 Å². The van der Waals surface area contributed by atoms with Crippen LogP contribution in [0.25, 0.3) is 0 Å². The molecule has 1 aliphatic heterocycles. The van der Waals surface area contributed by atoms with Gasteiger partial charge in [-0.15, -0.1) is 0 Å². The van der Waals surface area contributed by atoms with E-state index in [1.165, 1.54) is 12.0 Å². The van der Waals surface area contributed by atoms with Crippen molar-refractivity contribution >= 4 is 35.0 Å². The zero-order valence-corrected chi connectivity index (χ0v) is 18.7. The second-order valence-electron chi connectivity index (χ2n) is 7.74. The van der Waals surface area contributed by atoms with Gasteiger partial charge in [0.05, 0.1) is 18.2 Å². The predicted molar refractivity (Wildman–Crippen MR) is 127 cm³/mol. The summed E-state index contributed by atoms with van der Waals surface area (Å²) < 4.78 is 5.27. The molecule has 3 aromatic rings. The van der Waals surface area contributed by atoms with Gasteiger partial charge >= 0.3 is 0 Å². The Morgan fingerprint density at radius 2 is 1.53 bits per heavy atom. The number of methoxy groups -OCH3 is 1. The molecule has 1 aliphatic rings. The number of hydrogen-bond acceptors (Lipinski definition) is 5. The highest BCUT2D eigenvalue weighted by Crippen LogP contribution is 2.26. The summed E-state index contributed by atoms with van der Waals surface area (Å²) in [4.78, 5) is 54.3. The molecule has 1 atom stereocenters. The molecule has 0 saturated carbocycles. The SMILES string of the molecule is COc1cccc(N(C(=O)CN2C(=O)c3ccccc3C2=O)C(C)C(=O)Nc2ccccc2)c1. The van der Waals surface area contributed by atoms with E-state index in [2.05, 4.69) is 5.32 Å². The van der Waals surface area contributed by atoms with E-state index in [0.29, 0.717) is 17.1 Å².